The molecule has 0 radical (unpaired) electrons. The summed E-state index contributed by atoms with van der Waals surface area (Å²) in [5, 5.41) is 11.9. The number of ether oxygens (including phenoxy) is 4. The number of likely N-dealkylation sites (N-methyl/N-ethyl adjacent to an activating group) is 1. The Morgan fingerprint density at radius 1 is 0.326 bits per heavy atom. The Kier molecular flexibility index (Phi) is 73.4. The van der Waals surface area contributed by atoms with E-state index in [-0.39, 0.29) is 32.2 Å². The lowest BCUT2D eigenvalue weighted by atomic mass is 10.0. The molecule has 0 rings (SSSR count). The van der Waals surface area contributed by atoms with Crippen molar-refractivity contribution in [1.29, 1.82) is 0 Å². The molecule has 0 saturated heterocycles. The molecule has 0 N–H and O–H groups in total. The Bertz CT molecular complexity index is 1840. The molecule has 9 nitrogen and oxygen atoms in total. The van der Waals surface area contributed by atoms with Crippen LogP contribution in [0.1, 0.15) is 386 Å². The van der Waals surface area contributed by atoms with Crippen molar-refractivity contribution < 1.29 is 42.9 Å². The molecule has 2 unspecified atom stereocenters. The van der Waals surface area contributed by atoms with Gasteiger partial charge in [0.05, 0.1) is 40.3 Å². The van der Waals surface area contributed by atoms with Crippen LogP contribution >= 0.6 is 0 Å². The topological polar surface area (TPSA) is 111 Å². The molecular weight excluding hydrogens is 1170 g/mol. The summed E-state index contributed by atoms with van der Waals surface area (Å²) in [4.78, 5) is 37.6. The van der Waals surface area contributed by atoms with Crippen LogP contribution in [0.15, 0.2) is 85.1 Å². The highest BCUT2D eigenvalue weighted by Crippen LogP contribution is 2.19. The van der Waals surface area contributed by atoms with Gasteiger partial charge in [-0.3, -0.25) is 9.59 Å². The highest BCUT2D eigenvalue weighted by atomic mass is 16.7. The van der Waals surface area contributed by atoms with E-state index in [0.29, 0.717) is 23.9 Å². The Morgan fingerprint density at radius 3 is 0.905 bits per heavy atom. The molecule has 0 aliphatic carbocycles. The van der Waals surface area contributed by atoms with Gasteiger partial charge in [-0.25, -0.2) is 0 Å². The van der Waals surface area contributed by atoms with Crippen molar-refractivity contribution in [1.82, 2.24) is 0 Å². The van der Waals surface area contributed by atoms with Gasteiger partial charge in [0.2, 0.25) is 0 Å². The molecule has 0 aliphatic rings. The molecule has 0 amide bonds. The number of hydrogen-bond acceptors (Lipinski definition) is 8. The van der Waals surface area contributed by atoms with Gasteiger partial charge < -0.3 is 33.3 Å². The SMILES string of the molecule is CC/C=C\C/C=C\C/C=C\C/C=C\C/C=C\C/C=C\CCCCCCCCCCCCC(=O)OC(COC(=O)CCCCCCCCCCCCCCCCCCCCCCCCCCCCCCC/C=C\CCCCCCCCCC)COC(OCC[N+](C)(C)C)C(=O)[O-]. The zero-order chi connectivity index (χ0) is 69.0. The summed E-state index contributed by atoms with van der Waals surface area (Å²) in [6, 6.07) is 0. The Hall–Kier alpha value is -3.53. The molecule has 552 valence electrons. The molecular formula is C86H155NO8. The fourth-order valence-electron chi connectivity index (χ4n) is 12.0. The number of carboxylic acid groups (broad SMARTS) is 1. The Labute approximate surface area is 589 Å². The number of carbonyl (C=O) groups is 3. The second-order valence-corrected chi connectivity index (χ2v) is 28.7. The maximum atomic E-state index is 13.0. The molecule has 0 fully saturated rings. The van der Waals surface area contributed by atoms with Crippen molar-refractivity contribution in [3.8, 4) is 0 Å². The van der Waals surface area contributed by atoms with Crippen LogP contribution in [-0.4, -0.2) is 82.3 Å². The van der Waals surface area contributed by atoms with Crippen molar-refractivity contribution in [3.05, 3.63) is 85.1 Å². The highest BCUT2D eigenvalue weighted by Gasteiger charge is 2.22. The summed E-state index contributed by atoms with van der Waals surface area (Å²) in [7, 11) is 5.94. The lowest BCUT2D eigenvalue weighted by Gasteiger charge is -2.26. The van der Waals surface area contributed by atoms with Crippen LogP contribution in [0.2, 0.25) is 0 Å². The number of hydrogen-bond donors (Lipinski definition) is 0. The predicted octanol–water partition coefficient (Wildman–Crippen LogP) is 24.8. The number of carboxylic acids is 1. The van der Waals surface area contributed by atoms with Crippen LogP contribution in [-0.2, 0) is 33.3 Å². The van der Waals surface area contributed by atoms with E-state index in [2.05, 4.69) is 98.9 Å². The molecule has 0 aliphatic heterocycles. The standard InChI is InChI=1S/C86H155NO8/c1-6-8-10-12-14-16-18-20-22-24-26-28-30-32-34-36-37-38-39-40-41-42-43-44-45-46-47-49-50-52-54-56-58-60-62-64-66-68-70-72-74-76-83(88)93-80-82(81-94-86(85(90)91)92-79-78-87(3,4)5)95-84(89)77-75-73-71-69-67-65-63-61-59-57-55-53-51-48-35-33-31-29-27-25-23-21-19-17-15-13-11-9-7-2/h9,11,15,17,21,23-24,26-27,29,33,35,51,53,82,86H,6-8,10,12-14,16,18-20,22,25,28,30-32,34,36-50,52,54-81H2,1-5H3/b11-9-,17-15-,23-21-,26-24-,29-27-,35-33-,53-51-. The molecule has 0 heterocycles. The molecule has 2 atom stereocenters. The van der Waals surface area contributed by atoms with E-state index in [9.17, 15) is 19.5 Å². The van der Waals surface area contributed by atoms with Crippen LogP contribution in [0.4, 0.5) is 0 Å². The van der Waals surface area contributed by atoms with Gasteiger partial charge in [0.25, 0.3) is 0 Å². The minimum atomic E-state index is -1.63. The minimum absolute atomic E-state index is 0.145. The second-order valence-electron chi connectivity index (χ2n) is 28.7. The van der Waals surface area contributed by atoms with E-state index in [1.165, 1.54) is 270 Å². The minimum Gasteiger partial charge on any atom is -0.545 e. The number of carbonyl (C=O) groups excluding carboxylic acids is 3. The third-order valence-electron chi connectivity index (χ3n) is 18.1. The molecule has 0 saturated carbocycles. The second kappa shape index (κ2) is 76.2. The summed E-state index contributed by atoms with van der Waals surface area (Å²) in [5.74, 6) is -2.27. The van der Waals surface area contributed by atoms with Crippen LogP contribution in [0.5, 0.6) is 0 Å². The van der Waals surface area contributed by atoms with Crippen LogP contribution in [0, 0.1) is 0 Å². The summed E-state index contributed by atoms with van der Waals surface area (Å²) < 4.78 is 22.9. The summed E-state index contributed by atoms with van der Waals surface area (Å²) >= 11 is 0. The maximum absolute atomic E-state index is 13.0. The van der Waals surface area contributed by atoms with E-state index < -0.39 is 24.3 Å². The summed E-state index contributed by atoms with van der Waals surface area (Å²) in [5.41, 5.74) is 0. The van der Waals surface area contributed by atoms with Crippen molar-refractivity contribution in [2.45, 2.75) is 399 Å². The molecule has 95 heavy (non-hydrogen) atoms. The number of quaternary nitrogens is 1. The number of rotatable bonds is 76. The van der Waals surface area contributed by atoms with Crippen molar-refractivity contribution in [2.24, 2.45) is 0 Å². The van der Waals surface area contributed by atoms with Gasteiger partial charge >= 0.3 is 11.9 Å². The van der Waals surface area contributed by atoms with Crippen LogP contribution in [0.3, 0.4) is 0 Å². The Morgan fingerprint density at radius 2 is 0.600 bits per heavy atom. The normalized spacial score (nSPS) is 13.1. The van der Waals surface area contributed by atoms with Crippen LogP contribution < -0.4 is 5.11 Å². The van der Waals surface area contributed by atoms with E-state index in [1.54, 1.807) is 0 Å². The number of unbranched alkanes of at least 4 members (excludes halogenated alkanes) is 47. The first-order valence-electron chi connectivity index (χ1n) is 40.7. The number of allylic oxidation sites excluding steroid dienone is 14. The van der Waals surface area contributed by atoms with Crippen LogP contribution in [0.25, 0.3) is 0 Å². The molecule has 0 aromatic rings. The van der Waals surface area contributed by atoms with Crippen molar-refractivity contribution >= 4 is 17.9 Å². The molecule has 0 bridgehead atoms. The summed E-state index contributed by atoms with van der Waals surface area (Å²) in [6.45, 7) is 4.68. The third-order valence-corrected chi connectivity index (χ3v) is 18.1. The number of aliphatic carboxylic acids is 1. The summed E-state index contributed by atoms with van der Waals surface area (Å²) in [6.07, 6.45) is 102. The fraction of sp³-hybridized carbons (Fsp3) is 0.802. The quantitative estimate of drug-likeness (QED) is 0.0195. The van der Waals surface area contributed by atoms with E-state index >= 15 is 0 Å². The predicted molar refractivity (Wildman–Crippen MR) is 408 cm³/mol. The average Bonchev–Trinajstić information content (AvgIpc) is 2.86. The van der Waals surface area contributed by atoms with E-state index in [4.69, 9.17) is 18.9 Å². The molecule has 0 aromatic carbocycles. The van der Waals surface area contributed by atoms with Crippen molar-refractivity contribution in [2.75, 3.05) is 47.5 Å². The van der Waals surface area contributed by atoms with Gasteiger partial charge in [-0.1, -0.05) is 369 Å². The largest absolute Gasteiger partial charge is 0.545 e. The van der Waals surface area contributed by atoms with Gasteiger partial charge in [0.1, 0.15) is 13.2 Å². The smallest absolute Gasteiger partial charge is 0.306 e. The molecule has 9 heteroatoms. The van der Waals surface area contributed by atoms with Crippen molar-refractivity contribution in [3.63, 3.8) is 0 Å². The molecule has 0 aromatic heterocycles. The van der Waals surface area contributed by atoms with Gasteiger partial charge in [0.15, 0.2) is 12.4 Å². The third kappa shape index (κ3) is 77.7. The monoisotopic (exact) mass is 1330 g/mol. The highest BCUT2D eigenvalue weighted by molar-refractivity contribution is 5.70. The van der Waals surface area contributed by atoms with Gasteiger partial charge in [-0.2, -0.15) is 0 Å². The first-order chi connectivity index (χ1) is 46.6. The average molecular weight is 1330 g/mol. The van der Waals surface area contributed by atoms with Gasteiger partial charge in [-0.05, 0) is 89.9 Å². The Balaban J connectivity index is 3.96. The lowest BCUT2D eigenvalue weighted by molar-refractivity contribution is -0.870. The number of nitrogens with zero attached hydrogens (tertiary/aromatic N) is 1. The van der Waals surface area contributed by atoms with E-state index in [0.717, 1.165) is 83.5 Å². The zero-order valence-corrected chi connectivity index (χ0v) is 63.3. The van der Waals surface area contributed by atoms with Gasteiger partial charge in [-0.15, -0.1) is 0 Å². The fourth-order valence-corrected chi connectivity index (χ4v) is 12.0. The maximum Gasteiger partial charge on any atom is 0.306 e. The first-order valence-corrected chi connectivity index (χ1v) is 40.7. The number of esters is 2. The van der Waals surface area contributed by atoms with Gasteiger partial charge in [0, 0.05) is 12.8 Å². The molecule has 0 spiro atoms. The van der Waals surface area contributed by atoms with E-state index in [1.807, 2.05) is 21.1 Å². The lowest BCUT2D eigenvalue weighted by Crippen LogP contribution is -2.44. The first kappa shape index (κ1) is 91.5. The zero-order valence-electron chi connectivity index (χ0n) is 63.3.